The van der Waals surface area contributed by atoms with Gasteiger partial charge in [0.25, 0.3) is 0 Å². The van der Waals surface area contributed by atoms with Crippen molar-refractivity contribution in [3.05, 3.63) is 0 Å². The van der Waals surface area contributed by atoms with Crippen LogP contribution in [0.25, 0.3) is 0 Å². The number of rotatable bonds is 6. The van der Waals surface area contributed by atoms with Crippen LogP contribution >= 0.6 is 0 Å². The van der Waals surface area contributed by atoms with Gasteiger partial charge >= 0.3 is 0 Å². The van der Waals surface area contributed by atoms with E-state index in [4.69, 9.17) is 0 Å². The highest BCUT2D eigenvalue weighted by atomic mass is 32.2. The second kappa shape index (κ2) is 5.60. The van der Waals surface area contributed by atoms with Crippen LogP contribution in [0.3, 0.4) is 0 Å². The summed E-state index contributed by atoms with van der Waals surface area (Å²) in [4.78, 5) is 0. The molecule has 0 heterocycles. The maximum Gasteiger partial charge on any atom is 0.147 e. The van der Waals surface area contributed by atoms with E-state index in [2.05, 4.69) is 0 Å². The highest BCUT2D eigenvalue weighted by Crippen LogP contribution is 2.09. The Morgan fingerprint density at radius 1 is 1.31 bits per heavy atom. The zero-order valence-corrected chi connectivity index (χ0v) is 9.47. The van der Waals surface area contributed by atoms with Gasteiger partial charge < -0.3 is 5.11 Å². The van der Waals surface area contributed by atoms with E-state index in [0.29, 0.717) is 18.8 Å². The van der Waals surface area contributed by atoms with E-state index in [9.17, 15) is 13.5 Å². The van der Waals surface area contributed by atoms with Gasteiger partial charge in [-0.3, -0.25) is 0 Å². The number of aliphatic hydroxyl groups excluding tert-OH is 1. The van der Waals surface area contributed by atoms with Gasteiger partial charge in [-0.1, -0.05) is 13.8 Å². The molecule has 1 atom stereocenters. The number of hydrogen-bond acceptors (Lipinski definition) is 3. The van der Waals surface area contributed by atoms with Crippen molar-refractivity contribution in [3.8, 4) is 0 Å². The molecule has 0 saturated carbocycles. The van der Waals surface area contributed by atoms with Crippen LogP contribution in [-0.4, -0.2) is 31.6 Å². The minimum Gasteiger partial charge on any atom is -0.393 e. The first-order valence-electron chi connectivity index (χ1n) is 4.67. The second-order valence-corrected chi connectivity index (χ2v) is 6.32. The highest BCUT2D eigenvalue weighted by Gasteiger charge is 2.08. The lowest BCUT2D eigenvalue weighted by atomic mass is 10.0. The SMILES string of the molecule is CC(C)CC(O)CCCS(C)(=O)=O. The molecule has 1 N–H and O–H groups in total. The molecule has 0 aliphatic rings. The van der Waals surface area contributed by atoms with Crippen LogP contribution in [-0.2, 0) is 9.84 Å². The third-order valence-electron chi connectivity index (χ3n) is 1.80. The molecule has 0 rings (SSSR count). The van der Waals surface area contributed by atoms with Crippen molar-refractivity contribution in [3.63, 3.8) is 0 Å². The maximum atomic E-state index is 10.8. The molecule has 80 valence electrons. The van der Waals surface area contributed by atoms with Crippen LogP contribution in [0.5, 0.6) is 0 Å². The molecular weight excluding hydrogens is 188 g/mol. The van der Waals surface area contributed by atoms with E-state index in [1.165, 1.54) is 6.26 Å². The zero-order valence-electron chi connectivity index (χ0n) is 8.66. The lowest BCUT2D eigenvalue weighted by Gasteiger charge is -2.11. The lowest BCUT2D eigenvalue weighted by molar-refractivity contribution is 0.139. The molecule has 0 aliphatic heterocycles. The molecule has 0 aliphatic carbocycles. The fraction of sp³-hybridized carbons (Fsp3) is 1.00. The van der Waals surface area contributed by atoms with Gasteiger partial charge in [0.1, 0.15) is 9.84 Å². The van der Waals surface area contributed by atoms with Crippen molar-refractivity contribution in [1.29, 1.82) is 0 Å². The van der Waals surface area contributed by atoms with Gasteiger partial charge in [-0.05, 0) is 25.2 Å². The first-order valence-corrected chi connectivity index (χ1v) is 6.73. The van der Waals surface area contributed by atoms with Crippen molar-refractivity contribution in [2.75, 3.05) is 12.0 Å². The standard InChI is InChI=1S/C9H20O3S/c1-8(2)7-9(10)5-4-6-13(3,11)12/h8-10H,4-7H2,1-3H3. The van der Waals surface area contributed by atoms with Gasteiger partial charge in [0.05, 0.1) is 6.10 Å². The van der Waals surface area contributed by atoms with Crippen molar-refractivity contribution in [2.24, 2.45) is 5.92 Å². The van der Waals surface area contributed by atoms with Gasteiger partial charge in [0.2, 0.25) is 0 Å². The molecule has 0 aromatic carbocycles. The summed E-state index contributed by atoms with van der Waals surface area (Å²) in [6.45, 7) is 4.08. The molecule has 0 radical (unpaired) electrons. The summed E-state index contributed by atoms with van der Waals surface area (Å²) >= 11 is 0. The summed E-state index contributed by atoms with van der Waals surface area (Å²) in [5.74, 6) is 0.649. The normalized spacial score (nSPS) is 14.8. The number of aliphatic hydroxyl groups is 1. The first kappa shape index (κ1) is 12.9. The van der Waals surface area contributed by atoms with Gasteiger partial charge in [-0.25, -0.2) is 8.42 Å². The van der Waals surface area contributed by atoms with Crippen LogP contribution in [0.15, 0.2) is 0 Å². The van der Waals surface area contributed by atoms with Crippen LogP contribution in [0.4, 0.5) is 0 Å². The van der Waals surface area contributed by atoms with E-state index >= 15 is 0 Å². The quantitative estimate of drug-likeness (QED) is 0.714. The third-order valence-corrected chi connectivity index (χ3v) is 2.83. The molecule has 0 fully saturated rings. The number of hydrogen-bond donors (Lipinski definition) is 1. The van der Waals surface area contributed by atoms with Gasteiger partial charge in [-0.2, -0.15) is 0 Å². The molecule has 0 aromatic rings. The zero-order chi connectivity index (χ0) is 10.5. The van der Waals surface area contributed by atoms with Crippen LogP contribution < -0.4 is 0 Å². The molecule has 0 aromatic heterocycles. The van der Waals surface area contributed by atoms with E-state index in [1.807, 2.05) is 13.8 Å². The van der Waals surface area contributed by atoms with Crippen molar-refractivity contribution >= 4 is 9.84 Å². The van der Waals surface area contributed by atoms with Gasteiger partial charge in [0, 0.05) is 12.0 Å². The molecule has 0 spiro atoms. The molecule has 4 heteroatoms. The Balaban J connectivity index is 3.54. The minimum atomic E-state index is -2.86. The first-order chi connectivity index (χ1) is 5.81. The molecular formula is C9H20O3S. The Morgan fingerprint density at radius 2 is 1.85 bits per heavy atom. The second-order valence-electron chi connectivity index (χ2n) is 4.06. The summed E-state index contributed by atoms with van der Waals surface area (Å²) in [6, 6.07) is 0. The summed E-state index contributed by atoms with van der Waals surface area (Å²) in [5.41, 5.74) is 0. The van der Waals surface area contributed by atoms with E-state index in [-0.39, 0.29) is 11.9 Å². The Labute approximate surface area is 81.1 Å². The number of sulfone groups is 1. The molecule has 1 unspecified atom stereocenters. The van der Waals surface area contributed by atoms with E-state index in [0.717, 1.165) is 6.42 Å². The fourth-order valence-corrected chi connectivity index (χ4v) is 1.93. The van der Waals surface area contributed by atoms with Crippen LogP contribution in [0.2, 0.25) is 0 Å². The Kier molecular flexibility index (Phi) is 5.56. The molecule has 0 saturated heterocycles. The highest BCUT2D eigenvalue weighted by molar-refractivity contribution is 7.90. The molecule has 0 bridgehead atoms. The predicted molar refractivity (Wildman–Crippen MR) is 54.4 cm³/mol. The Hall–Kier alpha value is -0.0900. The summed E-state index contributed by atoms with van der Waals surface area (Å²) < 4.78 is 21.5. The van der Waals surface area contributed by atoms with Gasteiger partial charge in [0.15, 0.2) is 0 Å². The monoisotopic (exact) mass is 208 g/mol. The predicted octanol–water partition coefficient (Wildman–Crippen LogP) is 1.22. The third kappa shape index (κ3) is 9.83. The van der Waals surface area contributed by atoms with Gasteiger partial charge in [-0.15, -0.1) is 0 Å². The summed E-state index contributed by atoms with van der Waals surface area (Å²) in [5, 5.41) is 9.42. The summed E-state index contributed by atoms with van der Waals surface area (Å²) in [6.07, 6.45) is 2.78. The van der Waals surface area contributed by atoms with E-state index in [1.54, 1.807) is 0 Å². The molecule has 0 amide bonds. The van der Waals surface area contributed by atoms with Crippen molar-refractivity contribution in [2.45, 2.75) is 39.2 Å². The fourth-order valence-electron chi connectivity index (χ4n) is 1.24. The van der Waals surface area contributed by atoms with E-state index < -0.39 is 9.84 Å². The van der Waals surface area contributed by atoms with Crippen molar-refractivity contribution in [1.82, 2.24) is 0 Å². The van der Waals surface area contributed by atoms with Crippen molar-refractivity contribution < 1.29 is 13.5 Å². The Morgan fingerprint density at radius 3 is 2.23 bits per heavy atom. The topological polar surface area (TPSA) is 54.4 Å². The largest absolute Gasteiger partial charge is 0.393 e. The van der Waals surface area contributed by atoms with Crippen LogP contribution in [0, 0.1) is 5.92 Å². The minimum absolute atomic E-state index is 0.183. The lowest BCUT2D eigenvalue weighted by Crippen LogP contribution is -2.12. The maximum absolute atomic E-state index is 10.8. The molecule has 13 heavy (non-hydrogen) atoms. The average molecular weight is 208 g/mol. The van der Waals surface area contributed by atoms with Crippen LogP contribution in [0.1, 0.15) is 33.1 Å². The molecule has 3 nitrogen and oxygen atoms in total. The smallest absolute Gasteiger partial charge is 0.147 e. The Bertz CT molecular complexity index is 219. The average Bonchev–Trinajstić information content (AvgIpc) is 1.81. The summed E-state index contributed by atoms with van der Waals surface area (Å²) in [7, 11) is -2.86.